The van der Waals surface area contributed by atoms with Crippen LogP contribution in [0.2, 0.25) is 0 Å². The fourth-order valence-electron chi connectivity index (χ4n) is 2.39. The molecule has 0 saturated carbocycles. The fourth-order valence-corrected chi connectivity index (χ4v) is 3.28. The van der Waals surface area contributed by atoms with E-state index in [1.54, 1.807) is 11.9 Å². The van der Waals surface area contributed by atoms with Gasteiger partial charge in [-0.3, -0.25) is 0 Å². The summed E-state index contributed by atoms with van der Waals surface area (Å²) in [5, 5.41) is 7.37. The van der Waals surface area contributed by atoms with Crippen LogP contribution in [0.4, 0.5) is 5.69 Å². The van der Waals surface area contributed by atoms with Gasteiger partial charge in [0.2, 0.25) is 5.04 Å². The summed E-state index contributed by atoms with van der Waals surface area (Å²) in [5.74, 6) is 0.422. The van der Waals surface area contributed by atoms with Gasteiger partial charge in [0, 0.05) is 0 Å². The van der Waals surface area contributed by atoms with E-state index < -0.39 is 5.97 Å². The van der Waals surface area contributed by atoms with Crippen LogP contribution in [-0.4, -0.2) is 24.2 Å². The van der Waals surface area contributed by atoms with Crippen LogP contribution in [0.1, 0.15) is 19.4 Å². The largest absolute Gasteiger partial charge is 0.494 e. The van der Waals surface area contributed by atoms with Crippen molar-refractivity contribution < 1.29 is 14.3 Å². The highest BCUT2D eigenvalue weighted by Gasteiger charge is 2.28. The van der Waals surface area contributed by atoms with Crippen molar-refractivity contribution in [2.75, 3.05) is 18.2 Å². The highest BCUT2D eigenvalue weighted by Crippen LogP contribution is 2.36. The van der Waals surface area contributed by atoms with Gasteiger partial charge in [-0.1, -0.05) is 30.3 Å². The number of nitrogens with zero attached hydrogens (tertiary/aromatic N) is 2. The second kappa shape index (κ2) is 8.58. The molecule has 0 aromatic heterocycles. The molecule has 0 N–H and O–H groups in total. The molecular formula is C20H20N2O3S. The number of carbonyl (C=O) groups is 1. The Bertz CT molecular complexity index is 817. The predicted octanol–water partition coefficient (Wildman–Crippen LogP) is 4.51. The first-order valence-electron chi connectivity index (χ1n) is 8.44. The van der Waals surface area contributed by atoms with Crippen molar-refractivity contribution in [3.8, 4) is 5.75 Å². The molecule has 3 rings (SSSR count). The Morgan fingerprint density at radius 2 is 1.81 bits per heavy atom. The SMILES string of the molecule is CCOC(=O)C1=NN(c2ccccc2)/C(=C/c2ccc(OCC)cc2)S1. The molecule has 0 radical (unpaired) electrons. The van der Waals surface area contributed by atoms with Crippen molar-refractivity contribution in [2.24, 2.45) is 5.10 Å². The van der Waals surface area contributed by atoms with Gasteiger partial charge in [-0.05, 0) is 61.5 Å². The lowest BCUT2D eigenvalue weighted by atomic mass is 10.2. The van der Waals surface area contributed by atoms with Crippen molar-refractivity contribution in [1.29, 1.82) is 0 Å². The van der Waals surface area contributed by atoms with E-state index in [9.17, 15) is 4.79 Å². The van der Waals surface area contributed by atoms with Crippen LogP contribution >= 0.6 is 11.8 Å². The van der Waals surface area contributed by atoms with Crippen molar-refractivity contribution in [1.82, 2.24) is 0 Å². The second-order valence-corrected chi connectivity index (χ2v) is 6.37. The molecule has 26 heavy (non-hydrogen) atoms. The van der Waals surface area contributed by atoms with Gasteiger partial charge in [0.05, 0.1) is 18.9 Å². The number of hydrogen-bond acceptors (Lipinski definition) is 6. The number of benzene rings is 2. The third-order valence-electron chi connectivity index (χ3n) is 3.53. The van der Waals surface area contributed by atoms with Crippen molar-refractivity contribution in [3.63, 3.8) is 0 Å². The average Bonchev–Trinajstić information content (AvgIpc) is 3.08. The molecule has 1 heterocycles. The average molecular weight is 368 g/mol. The third kappa shape index (κ3) is 4.26. The van der Waals surface area contributed by atoms with Gasteiger partial charge in [0.15, 0.2) is 0 Å². The molecule has 0 aliphatic carbocycles. The van der Waals surface area contributed by atoms with E-state index in [1.807, 2.05) is 67.6 Å². The number of thioether (sulfide) groups is 1. The molecule has 134 valence electrons. The minimum absolute atomic E-state index is 0.321. The number of rotatable bonds is 6. The van der Waals surface area contributed by atoms with Crippen LogP contribution in [0.15, 0.2) is 64.7 Å². The monoisotopic (exact) mass is 368 g/mol. The molecule has 0 saturated heterocycles. The van der Waals surface area contributed by atoms with E-state index in [0.29, 0.717) is 18.3 Å². The van der Waals surface area contributed by atoms with E-state index >= 15 is 0 Å². The smallest absolute Gasteiger partial charge is 0.365 e. The van der Waals surface area contributed by atoms with Crippen LogP contribution in [0.25, 0.3) is 6.08 Å². The zero-order chi connectivity index (χ0) is 18.4. The van der Waals surface area contributed by atoms with Crippen LogP contribution in [-0.2, 0) is 9.53 Å². The molecule has 0 spiro atoms. The summed E-state index contributed by atoms with van der Waals surface area (Å²) >= 11 is 1.30. The summed E-state index contributed by atoms with van der Waals surface area (Å²) in [6, 6.07) is 17.5. The van der Waals surface area contributed by atoms with Gasteiger partial charge < -0.3 is 9.47 Å². The molecule has 0 fully saturated rings. The van der Waals surface area contributed by atoms with Crippen LogP contribution in [0, 0.1) is 0 Å². The molecule has 5 nitrogen and oxygen atoms in total. The maximum atomic E-state index is 12.1. The molecule has 0 bridgehead atoms. The quantitative estimate of drug-likeness (QED) is 0.702. The van der Waals surface area contributed by atoms with E-state index in [-0.39, 0.29) is 0 Å². The summed E-state index contributed by atoms with van der Waals surface area (Å²) < 4.78 is 10.6. The molecule has 1 aliphatic rings. The first-order chi connectivity index (χ1) is 12.7. The highest BCUT2D eigenvalue weighted by molar-refractivity contribution is 8.19. The highest BCUT2D eigenvalue weighted by atomic mass is 32.2. The third-order valence-corrected chi connectivity index (χ3v) is 4.47. The molecule has 2 aromatic rings. The van der Waals surface area contributed by atoms with E-state index in [1.165, 1.54) is 11.8 Å². The lowest BCUT2D eigenvalue weighted by molar-refractivity contribution is -0.134. The number of para-hydroxylation sites is 1. The number of hydrogen-bond donors (Lipinski definition) is 0. The van der Waals surface area contributed by atoms with Crippen LogP contribution < -0.4 is 9.75 Å². The number of carbonyl (C=O) groups excluding carboxylic acids is 1. The van der Waals surface area contributed by atoms with Crippen molar-refractivity contribution in [2.45, 2.75) is 13.8 Å². The molecule has 0 atom stereocenters. The van der Waals surface area contributed by atoms with Crippen LogP contribution in [0.5, 0.6) is 5.75 Å². The zero-order valence-electron chi connectivity index (χ0n) is 14.7. The van der Waals surface area contributed by atoms with Crippen LogP contribution in [0.3, 0.4) is 0 Å². The molecular weight excluding hydrogens is 348 g/mol. The normalized spacial score (nSPS) is 15.1. The maximum Gasteiger partial charge on any atom is 0.365 e. The van der Waals surface area contributed by atoms with Gasteiger partial charge in [-0.25, -0.2) is 9.80 Å². The predicted molar refractivity (Wildman–Crippen MR) is 106 cm³/mol. The van der Waals surface area contributed by atoms with Gasteiger partial charge in [0.1, 0.15) is 10.8 Å². The lowest BCUT2D eigenvalue weighted by Crippen LogP contribution is -2.13. The Balaban J connectivity index is 1.89. The summed E-state index contributed by atoms with van der Waals surface area (Å²) in [5.41, 5.74) is 1.88. The first kappa shape index (κ1) is 18.1. The summed E-state index contributed by atoms with van der Waals surface area (Å²) in [6.07, 6.45) is 1.99. The van der Waals surface area contributed by atoms with E-state index in [4.69, 9.17) is 9.47 Å². The first-order valence-corrected chi connectivity index (χ1v) is 9.26. The number of esters is 1. The molecule has 2 aromatic carbocycles. The Kier molecular flexibility index (Phi) is 5.96. The van der Waals surface area contributed by atoms with Crippen molar-refractivity contribution >= 4 is 34.5 Å². The van der Waals surface area contributed by atoms with Crippen molar-refractivity contribution in [3.05, 3.63) is 65.2 Å². The Morgan fingerprint density at radius 3 is 2.46 bits per heavy atom. The van der Waals surface area contributed by atoms with Gasteiger partial charge in [-0.2, -0.15) is 5.10 Å². The number of hydrazone groups is 1. The molecule has 0 amide bonds. The van der Waals surface area contributed by atoms with Gasteiger partial charge in [0.25, 0.3) is 0 Å². The maximum absolute atomic E-state index is 12.1. The zero-order valence-corrected chi connectivity index (χ0v) is 15.5. The fraction of sp³-hybridized carbons (Fsp3) is 0.200. The minimum atomic E-state index is -0.409. The van der Waals surface area contributed by atoms with E-state index in [0.717, 1.165) is 22.0 Å². The number of ether oxygens (including phenoxy) is 2. The Morgan fingerprint density at radius 1 is 1.08 bits per heavy atom. The molecule has 1 aliphatic heterocycles. The number of anilines is 1. The topological polar surface area (TPSA) is 51.1 Å². The van der Waals surface area contributed by atoms with E-state index in [2.05, 4.69) is 5.10 Å². The Hall–Kier alpha value is -2.73. The second-order valence-electron chi connectivity index (χ2n) is 5.36. The molecule has 6 heteroatoms. The molecule has 0 unspecified atom stereocenters. The summed E-state index contributed by atoms with van der Waals surface area (Å²) in [6.45, 7) is 4.69. The lowest BCUT2D eigenvalue weighted by Gasteiger charge is -2.15. The van der Waals surface area contributed by atoms with Gasteiger partial charge in [-0.15, -0.1) is 0 Å². The minimum Gasteiger partial charge on any atom is -0.494 e. The summed E-state index contributed by atoms with van der Waals surface area (Å²) in [4.78, 5) is 12.1. The standard InChI is InChI=1S/C20H20N2O3S/c1-3-24-17-12-10-15(11-13-17)14-18-22(16-8-6-5-7-9-16)21-19(26-18)20(23)25-4-2/h5-14H,3-4H2,1-2H3/b18-14-. The summed E-state index contributed by atoms with van der Waals surface area (Å²) in [7, 11) is 0. The van der Waals surface area contributed by atoms with Gasteiger partial charge >= 0.3 is 5.97 Å². The Labute approximate surface area is 157 Å².